The van der Waals surface area contributed by atoms with E-state index in [1.807, 2.05) is 13.8 Å². The molecular weight excluding hydrogens is 278 g/mol. The highest BCUT2D eigenvalue weighted by Crippen LogP contribution is 2.16. The van der Waals surface area contributed by atoms with Gasteiger partial charge < -0.3 is 5.32 Å². The lowest BCUT2D eigenvalue weighted by molar-refractivity contribution is -0.127. The van der Waals surface area contributed by atoms with Crippen LogP contribution in [0.15, 0.2) is 18.2 Å². The third-order valence-electron chi connectivity index (χ3n) is 3.45. The summed E-state index contributed by atoms with van der Waals surface area (Å²) in [7, 11) is 0. The van der Waals surface area contributed by atoms with E-state index in [2.05, 4.69) is 5.32 Å². The third kappa shape index (κ3) is 3.37. The zero-order valence-electron chi connectivity index (χ0n) is 12.0. The molecule has 1 aromatic rings. The quantitative estimate of drug-likeness (QED) is 0.849. The van der Waals surface area contributed by atoms with E-state index in [9.17, 15) is 18.4 Å². The first-order valence-electron chi connectivity index (χ1n) is 6.95. The Hall–Kier alpha value is -1.98. The van der Waals surface area contributed by atoms with Crippen molar-refractivity contribution in [3.63, 3.8) is 0 Å². The van der Waals surface area contributed by atoms with E-state index >= 15 is 0 Å². The Balaban J connectivity index is 2.01. The first-order valence-corrected chi connectivity index (χ1v) is 6.95. The highest BCUT2D eigenvalue weighted by atomic mass is 19.2. The zero-order valence-corrected chi connectivity index (χ0v) is 12.0. The summed E-state index contributed by atoms with van der Waals surface area (Å²) in [5, 5.41) is 2.62. The molecule has 1 heterocycles. The zero-order chi connectivity index (χ0) is 15.6. The molecular formula is C15H18F2N2O2. The second kappa shape index (κ2) is 6.20. The number of carbonyl (C=O) groups excluding carboxylic acids is 2. The first kappa shape index (κ1) is 15.4. The van der Waals surface area contributed by atoms with E-state index in [1.165, 1.54) is 12.1 Å². The number of benzene rings is 1. The Labute approximate surface area is 122 Å². The summed E-state index contributed by atoms with van der Waals surface area (Å²) in [4.78, 5) is 24.9. The fourth-order valence-corrected chi connectivity index (χ4v) is 2.39. The van der Waals surface area contributed by atoms with Gasteiger partial charge in [0, 0.05) is 6.54 Å². The van der Waals surface area contributed by atoms with Crippen molar-refractivity contribution in [2.24, 2.45) is 5.92 Å². The van der Waals surface area contributed by atoms with Crippen LogP contribution in [0.25, 0.3) is 0 Å². The molecule has 4 nitrogen and oxygen atoms in total. The molecule has 0 bridgehead atoms. The molecule has 6 heteroatoms. The summed E-state index contributed by atoms with van der Waals surface area (Å²) >= 11 is 0. The van der Waals surface area contributed by atoms with Crippen LogP contribution in [0.3, 0.4) is 0 Å². The predicted octanol–water partition coefficient (Wildman–Crippen LogP) is 2.47. The summed E-state index contributed by atoms with van der Waals surface area (Å²) < 4.78 is 26.6. The minimum atomic E-state index is -0.928. The van der Waals surface area contributed by atoms with Crippen molar-refractivity contribution in [3.8, 4) is 0 Å². The van der Waals surface area contributed by atoms with Crippen LogP contribution in [-0.4, -0.2) is 29.4 Å². The molecule has 1 N–H and O–H groups in total. The van der Waals surface area contributed by atoms with Crippen molar-refractivity contribution in [1.29, 1.82) is 0 Å². The second-order valence-electron chi connectivity index (χ2n) is 5.58. The molecule has 0 aliphatic carbocycles. The van der Waals surface area contributed by atoms with Gasteiger partial charge in [-0.3, -0.25) is 9.69 Å². The number of imide groups is 1. The maximum absolute atomic E-state index is 13.5. The lowest BCUT2D eigenvalue weighted by atomic mass is 10.0. The molecule has 1 fully saturated rings. The molecule has 0 radical (unpaired) electrons. The van der Waals surface area contributed by atoms with E-state index in [4.69, 9.17) is 0 Å². The Morgan fingerprint density at radius 1 is 1.29 bits per heavy atom. The maximum atomic E-state index is 13.5. The number of halogens is 2. The van der Waals surface area contributed by atoms with Crippen molar-refractivity contribution in [1.82, 2.24) is 10.2 Å². The van der Waals surface area contributed by atoms with Crippen molar-refractivity contribution < 1.29 is 18.4 Å². The van der Waals surface area contributed by atoms with Crippen molar-refractivity contribution in [2.75, 3.05) is 6.54 Å². The number of amides is 3. The number of hydrogen-bond donors (Lipinski definition) is 1. The molecule has 1 saturated heterocycles. The van der Waals surface area contributed by atoms with Gasteiger partial charge in [0.15, 0.2) is 11.6 Å². The van der Waals surface area contributed by atoms with Crippen molar-refractivity contribution >= 4 is 11.9 Å². The molecule has 1 atom stereocenters. The molecule has 1 aliphatic heterocycles. The van der Waals surface area contributed by atoms with E-state index in [1.54, 1.807) is 0 Å². The van der Waals surface area contributed by atoms with Crippen LogP contribution >= 0.6 is 0 Å². The molecule has 21 heavy (non-hydrogen) atoms. The van der Waals surface area contributed by atoms with Gasteiger partial charge in [0.1, 0.15) is 6.04 Å². The molecule has 2 rings (SSSR count). The Morgan fingerprint density at radius 3 is 2.67 bits per heavy atom. The standard InChI is InChI=1S/C15H18F2N2O2/c1-9(2)8-12-14(20)19(15(21)18-12)7-6-10-4-3-5-11(16)13(10)17/h3-5,9,12H,6-8H2,1-2H3,(H,18,21). The van der Waals surface area contributed by atoms with Gasteiger partial charge in [-0.05, 0) is 30.4 Å². The maximum Gasteiger partial charge on any atom is 0.324 e. The minimum absolute atomic E-state index is 0.0413. The third-order valence-corrected chi connectivity index (χ3v) is 3.45. The highest BCUT2D eigenvalue weighted by Gasteiger charge is 2.37. The molecule has 0 saturated carbocycles. The highest BCUT2D eigenvalue weighted by molar-refractivity contribution is 6.04. The van der Waals surface area contributed by atoms with E-state index in [0.29, 0.717) is 6.42 Å². The van der Waals surface area contributed by atoms with Gasteiger partial charge in [0.2, 0.25) is 0 Å². The van der Waals surface area contributed by atoms with Crippen LogP contribution < -0.4 is 5.32 Å². The second-order valence-corrected chi connectivity index (χ2v) is 5.58. The van der Waals surface area contributed by atoms with E-state index in [-0.39, 0.29) is 30.4 Å². The molecule has 1 aromatic carbocycles. The van der Waals surface area contributed by atoms with Crippen LogP contribution in [-0.2, 0) is 11.2 Å². The average molecular weight is 296 g/mol. The summed E-state index contributed by atoms with van der Waals surface area (Å²) in [6.07, 6.45) is 0.659. The van der Waals surface area contributed by atoms with Gasteiger partial charge >= 0.3 is 6.03 Å². The Morgan fingerprint density at radius 2 is 2.00 bits per heavy atom. The number of hydrogen-bond acceptors (Lipinski definition) is 2. The van der Waals surface area contributed by atoms with E-state index in [0.717, 1.165) is 11.0 Å². The van der Waals surface area contributed by atoms with Crippen LogP contribution in [0.5, 0.6) is 0 Å². The number of carbonyl (C=O) groups is 2. The van der Waals surface area contributed by atoms with Gasteiger partial charge in [-0.1, -0.05) is 26.0 Å². The molecule has 3 amide bonds. The summed E-state index contributed by atoms with van der Waals surface area (Å²) in [5.74, 6) is -1.88. The fraction of sp³-hybridized carbons (Fsp3) is 0.467. The number of nitrogens with zero attached hydrogens (tertiary/aromatic N) is 1. The lowest BCUT2D eigenvalue weighted by Gasteiger charge is -2.14. The number of urea groups is 1. The lowest BCUT2D eigenvalue weighted by Crippen LogP contribution is -2.33. The van der Waals surface area contributed by atoms with Gasteiger partial charge in [0.25, 0.3) is 5.91 Å². The predicted molar refractivity (Wildman–Crippen MR) is 73.5 cm³/mol. The van der Waals surface area contributed by atoms with Gasteiger partial charge in [-0.2, -0.15) is 0 Å². The van der Waals surface area contributed by atoms with Crippen LogP contribution in [0.2, 0.25) is 0 Å². The van der Waals surface area contributed by atoms with Crippen LogP contribution in [0, 0.1) is 17.6 Å². The monoisotopic (exact) mass is 296 g/mol. The first-order chi connectivity index (χ1) is 9.90. The number of rotatable bonds is 5. The molecule has 114 valence electrons. The van der Waals surface area contributed by atoms with Crippen molar-refractivity contribution in [2.45, 2.75) is 32.7 Å². The van der Waals surface area contributed by atoms with Crippen LogP contribution in [0.4, 0.5) is 13.6 Å². The fourth-order valence-electron chi connectivity index (χ4n) is 2.39. The normalized spacial score (nSPS) is 18.5. The van der Waals surface area contributed by atoms with Gasteiger partial charge in [0.05, 0.1) is 0 Å². The topological polar surface area (TPSA) is 49.4 Å². The van der Waals surface area contributed by atoms with E-state index < -0.39 is 23.7 Å². The molecule has 1 aliphatic rings. The van der Waals surface area contributed by atoms with Crippen molar-refractivity contribution in [3.05, 3.63) is 35.4 Å². The SMILES string of the molecule is CC(C)CC1NC(=O)N(CCc2cccc(F)c2F)C1=O. The molecule has 0 aromatic heterocycles. The molecule has 0 spiro atoms. The Bertz CT molecular complexity index is 561. The van der Waals surface area contributed by atoms with Gasteiger partial charge in [-0.15, -0.1) is 0 Å². The summed E-state index contributed by atoms with van der Waals surface area (Å²) in [5.41, 5.74) is 0.155. The number of nitrogens with one attached hydrogen (secondary N) is 1. The minimum Gasteiger partial charge on any atom is -0.326 e. The van der Waals surface area contributed by atoms with Crippen LogP contribution in [0.1, 0.15) is 25.8 Å². The Kier molecular flexibility index (Phi) is 4.55. The largest absolute Gasteiger partial charge is 0.326 e. The van der Waals surface area contributed by atoms with Gasteiger partial charge in [-0.25, -0.2) is 13.6 Å². The smallest absolute Gasteiger partial charge is 0.324 e. The summed E-state index contributed by atoms with van der Waals surface area (Å²) in [6.45, 7) is 3.97. The average Bonchev–Trinajstić information content (AvgIpc) is 2.66. The molecule has 1 unspecified atom stereocenters. The summed E-state index contributed by atoms with van der Waals surface area (Å²) in [6, 6.07) is 2.90.